The molecular formula is C11H20O2. The Bertz CT molecular complexity index is 196. The van der Waals surface area contributed by atoms with Gasteiger partial charge in [-0.15, -0.1) is 0 Å². The van der Waals surface area contributed by atoms with Crippen molar-refractivity contribution in [2.24, 2.45) is 11.3 Å². The van der Waals surface area contributed by atoms with Gasteiger partial charge in [0.1, 0.15) is 6.10 Å². The highest BCUT2D eigenvalue weighted by Gasteiger charge is 2.37. The molecular weight excluding hydrogens is 164 g/mol. The zero-order valence-electron chi connectivity index (χ0n) is 9.09. The molecule has 0 spiro atoms. The first-order valence-electron chi connectivity index (χ1n) is 5.11. The molecule has 76 valence electrons. The highest BCUT2D eigenvalue weighted by atomic mass is 16.5. The summed E-state index contributed by atoms with van der Waals surface area (Å²) in [6.07, 6.45) is 3.59. The Morgan fingerprint density at radius 1 is 1.46 bits per heavy atom. The van der Waals surface area contributed by atoms with E-state index in [1.807, 2.05) is 0 Å². The first-order valence-corrected chi connectivity index (χ1v) is 5.11. The van der Waals surface area contributed by atoms with E-state index in [0.717, 1.165) is 6.42 Å². The molecule has 0 bridgehead atoms. The van der Waals surface area contributed by atoms with Crippen LogP contribution < -0.4 is 0 Å². The second kappa shape index (κ2) is 3.69. The lowest BCUT2D eigenvalue weighted by Crippen LogP contribution is -2.38. The molecule has 0 aliphatic heterocycles. The van der Waals surface area contributed by atoms with Crippen LogP contribution in [0.15, 0.2) is 0 Å². The first kappa shape index (κ1) is 10.6. The minimum absolute atomic E-state index is 0.140. The molecule has 1 rings (SSSR count). The summed E-state index contributed by atoms with van der Waals surface area (Å²) in [7, 11) is 0. The summed E-state index contributed by atoms with van der Waals surface area (Å²) in [6.45, 7) is 8.20. The maximum atomic E-state index is 10.8. The molecule has 0 aromatic carbocycles. The average Bonchev–Trinajstić information content (AvgIpc) is 1.98. The van der Waals surface area contributed by atoms with Gasteiger partial charge >= 0.3 is 5.97 Å². The normalized spacial score (nSPS) is 32.6. The fourth-order valence-corrected chi connectivity index (χ4v) is 2.11. The molecule has 1 fully saturated rings. The standard InChI is InChI=1S/C11H20O2/c1-8-10(13-9(2)12)6-5-7-11(8,3)4/h8,10H,5-7H2,1-4H3. The van der Waals surface area contributed by atoms with Gasteiger partial charge < -0.3 is 4.74 Å². The number of hydrogen-bond donors (Lipinski definition) is 0. The monoisotopic (exact) mass is 184 g/mol. The zero-order valence-corrected chi connectivity index (χ0v) is 9.09. The van der Waals surface area contributed by atoms with Gasteiger partial charge in [-0.2, -0.15) is 0 Å². The molecule has 0 aromatic heterocycles. The largest absolute Gasteiger partial charge is 0.462 e. The fraction of sp³-hybridized carbons (Fsp3) is 0.909. The number of carbonyl (C=O) groups is 1. The predicted molar refractivity (Wildman–Crippen MR) is 52.4 cm³/mol. The van der Waals surface area contributed by atoms with E-state index in [-0.39, 0.29) is 12.1 Å². The summed E-state index contributed by atoms with van der Waals surface area (Å²) in [5.74, 6) is 0.333. The molecule has 2 atom stereocenters. The Labute approximate surface area is 80.7 Å². The molecule has 1 saturated carbocycles. The Morgan fingerprint density at radius 3 is 2.62 bits per heavy atom. The lowest BCUT2D eigenvalue weighted by atomic mass is 9.68. The molecule has 0 radical (unpaired) electrons. The summed E-state index contributed by atoms with van der Waals surface area (Å²) in [6, 6.07) is 0. The third-order valence-electron chi connectivity index (χ3n) is 3.42. The van der Waals surface area contributed by atoms with Crippen LogP contribution in [0.25, 0.3) is 0 Å². The quantitative estimate of drug-likeness (QED) is 0.586. The van der Waals surface area contributed by atoms with Crippen molar-refractivity contribution in [1.82, 2.24) is 0 Å². The molecule has 2 heteroatoms. The molecule has 2 unspecified atom stereocenters. The minimum Gasteiger partial charge on any atom is -0.462 e. The van der Waals surface area contributed by atoms with Crippen LogP contribution in [-0.4, -0.2) is 12.1 Å². The fourth-order valence-electron chi connectivity index (χ4n) is 2.11. The van der Waals surface area contributed by atoms with Gasteiger partial charge in [0.05, 0.1) is 0 Å². The average molecular weight is 184 g/mol. The van der Waals surface area contributed by atoms with Gasteiger partial charge in [-0.3, -0.25) is 4.79 Å². The summed E-state index contributed by atoms with van der Waals surface area (Å²) in [5, 5.41) is 0. The van der Waals surface area contributed by atoms with Crippen LogP contribution in [0.4, 0.5) is 0 Å². The highest BCUT2D eigenvalue weighted by Crippen LogP contribution is 2.41. The van der Waals surface area contributed by atoms with Crippen LogP contribution in [0.2, 0.25) is 0 Å². The molecule has 0 aromatic rings. The van der Waals surface area contributed by atoms with Crippen molar-refractivity contribution >= 4 is 5.97 Å². The van der Waals surface area contributed by atoms with E-state index in [4.69, 9.17) is 4.74 Å². The second-order valence-electron chi connectivity index (χ2n) is 4.82. The van der Waals surface area contributed by atoms with Crippen molar-refractivity contribution in [3.63, 3.8) is 0 Å². The van der Waals surface area contributed by atoms with E-state index in [0.29, 0.717) is 11.3 Å². The van der Waals surface area contributed by atoms with Crippen LogP contribution in [0.5, 0.6) is 0 Å². The first-order chi connectivity index (χ1) is 5.93. The van der Waals surface area contributed by atoms with Gasteiger partial charge in [0.15, 0.2) is 0 Å². The third-order valence-corrected chi connectivity index (χ3v) is 3.42. The van der Waals surface area contributed by atoms with Gasteiger partial charge in [0.25, 0.3) is 0 Å². The summed E-state index contributed by atoms with van der Waals surface area (Å²) >= 11 is 0. The SMILES string of the molecule is CC(=O)OC1CCCC(C)(C)C1C. The number of esters is 1. The van der Waals surface area contributed by atoms with Crippen LogP contribution in [0.3, 0.4) is 0 Å². The van der Waals surface area contributed by atoms with Crippen LogP contribution in [0.1, 0.15) is 47.0 Å². The van der Waals surface area contributed by atoms with Gasteiger partial charge in [-0.1, -0.05) is 20.8 Å². The van der Waals surface area contributed by atoms with Crippen molar-refractivity contribution in [3.8, 4) is 0 Å². The van der Waals surface area contributed by atoms with Crippen molar-refractivity contribution < 1.29 is 9.53 Å². The van der Waals surface area contributed by atoms with E-state index >= 15 is 0 Å². The van der Waals surface area contributed by atoms with E-state index in [1.165, 1.54) is 19.8 Å². The van der Waals surface area contributed by atoms with E-state index < -0.39 is 0 Å². The molecule has 2 nitrogen and oxygen atoms in total. The van der Waals surface area contributed by atoms with Crippen molar-refractivity contribution in [2.75, 3.05) is 0 Å². The Morgan fingerprint density at radius 2 is 2.08 bits per heavy atom. The van der Waals surface area contributed by atoms with Crippen molar-refractivity contribution in [3.05, 3.63) is 0 Å². The van der Waals surface area contributed by atoms with Gasteiger partial charge in [0.2, 0.25) is 0 Å². The minimum atomic E-state index is -0.144. The third kappa shape index (κ3) is 2.45. The maximum absolute atomic E-state index is 10.8. The molecule has 1 aliphatic carbocycles. The summed E-state index contributed by atoms with van der Waals surface area (Å²) in [5.41, 5.74) is 0.318. The second-order valence-corrected chi connectivity index (χ2v) is 4.82. The van der Waals surface area contributed by atoms with Crippen molar-refractivity contribution in [2.45, 2.75) is 53.1 Å². The molecule has 0 N–H and O–H groups in total. The predicted octanol–water partition coefficient (Wildman–Crippen LogP) is 2.76. The number of ether oxygens (including phenoxy) is 1. The molecule has 0 heterocycles. The molecule has 0 saturated heterocycles. The Kier molecular flexibility index (Phi) is 2.99. The van der Waals surface area contributed by atoms with E-state index in [1.54, 1.807) is 0 Å². The topological polar surface area (TPSA) is 26.3 Å². The summed E-state index contributed by atoms with van der Waals surface area (Å²) in [4.78, 5) is 10.8. The van der Waals surface area contributed by atoms with Crippen LogP contribution in [0, 0.1) is 11.3 Å². The Balaban J connectivity index is 2.60. The highest BCUT2D eigenvalue weighted by molar-refractivity contribution is 5.66. The number of hydrogen-bond acceptors (Lipinski definition) is 2. The molecule has 13 heavy (non-hydrogen) atoms. The van der Waals surface area contributed by atoms with Gasteiger partial charge in [-0.05, 0) is 30.6 Å². The number of carbonyl (C=O) groups excluding carboxylic acids is 1. The zero-order chi connectivity index (χ0) is 10.1. The maximum Gasteiger partial charge on any atom is 0.302 e. The lowest BCUT2D eigenvalue weighted by molar-refractivity contribution is -0.154. The van der Waals surface area contributed by atoms with E-state index in [9.17, 15) is 4.79 Å². The van der Waals surface area contributed by atoms with Crippen LogP contribution in [-0.2, 0) is 9.53 Å². The smallest absolute Gasteiger partial charge is 0.302 e. The lowest BCUT2D eigenvalue weighted by Gasteiger charge is -2.41. The summed E-state index contributed by atoms with van der Waals surface area (Å²) < 4.78 is 5.30. The van der Waals surface area contributed by atoms with Gasteiger partial charge in [0, 0.05) is 6.92 Å². The number of rotatable bonds is 1. The van der Waals surface area contributed by atoms with E-state index in [2.05, 4.69) is 20.8 Å². The van der Waals surface area contributed by atoms with Crippen LogP contribution >= 0.6 is 0 Å². The van der Waals surface area contributed by atoms with Gasteiger partial charge in [-0.25, -0.2) is 0 Å². The molecule has 0 amide bonds. The Hall–Kier alpha value is -0.530. The van der Waals surface area contributed by atoms with Crippen molar-refractivity contribution in [1.29, 1.82) is 0 Å². The molecule has 1 aliphatic rings.